The third kappa shape index (κ3) is 5.98. The summed E-state index contributed by atoms with van der Waals surface area (Å²) >= 11 is 1.23. The molecule has 3 amide bonds. The third-order valence-corrected chi connectivity index (χ3v) is 5.66. The molecule has 1 aliphatic heterocycles. The summed E-state index contributed by atoms with van der Waals surface area (Å²) < 4.78 is 29.6. The maximum Gasteiger partial charge on any atom is 0.387 e. The van der Waals surface area contributed by atoms with E-state index in [0.29, 0.717) is 37.7 Å². The maximum atomic E-state index is 12.7. The van der Waals surface area contributed by atoms with Gasteiger partial charge >= 0.3 is 6.61 Å². The first-order valence-electron chi connectivity index (χ1n) is 9.57. The van der Waals surface area contributed by atoms with Crippen molar-refractivity contribution in [3.05, 3.63) is 46.8 Å². The van der Waals surface area contributed by atoms with Crippen molar-refractivity contribution in [3.8, 4) is 5.75 Å². The van der Waals surface area contributed by atoms with Gasteiger partial charge in [-0.1, -0.05) is 12.1 Å². The first-order chi connectivity index (χ1) is 14.8. The van der Waals surface area contributed by atoms with Gasteiger partial charge in [0.15, 0.2) is 0 Å². The van der Waals surface area contributed by atoms with E-state index in [2.05, 4.69) is 10.1 Å². The number of halogens is 2. The SMILES string of the molecule is NC(=O)c1ccsc1NC(=O)CCN1CCN(C(=O)c2ccccc2OC(F)F)CC1. The van der Waals surface area contributed by atoms with Gasteiger partial charge in [-0.15, -0.1) is 11.3 Å². The number of primary amides is 1. The molecule has 1 saturated heterocycles. The van der Waals surface area contributed by atoms with E-state index in [1.807, 2.05) is 4.90 Å². The largest absolute Gasteiger partial charge is 0.434 e. The van der Waals surface area contributed by atoms with Crippen molar-refractivity contribution in [3.63, 3.8) is 0 Å². The number of para-hydroxylation sites is 1. The second-order valence-electron chi connectivity index (χ2n) is 6.83. The lowest BCUT2D eigenvalue weighted by atomic mass is 10.1. The van der Waals surface area contributed by atoms with Gasteiger partial charge in [0.1, 0.15) is 10.8 Å². The number of piperazine rings is 1. The molecule has 2 heterocycles. The Labute approximate surface area is 181 Å². The van der Waals surface area contributed by atoms with Gasteiger partial charge in [-0.25, -0.2) is 0 Å². The number of rotatable bonds is 8. The molecule has 1 aromatic heterocycles. The van der Waals surface area contributed by atoms with E-state index >= 15 is 0 Å². The molecule has 1 aliphatic rings. The Kier molecular flexibility index (Phi) is 7.53. The number of hydrogen-bond donors (Lipinski definition) is 2. The fourth-order valence-corrected chi connectivity index (χ4v) is 4.04. The van der Waals surface area contributed by atoms with Crippen molar-refractivity contribution in [1.82, 2.24) is 9.80 Å². The van der Waals surface area contributed by atoms with Crippen LogP contribution in [0.1, 0.15) is 27.1 Å². The number of carbonyl (C=O) groups excluding carboxylic acids is 3. The van der Waals surface area contributed by atoms with E-state index in [-0.39, 0.29) is 35.1 Å². The molecule has 3 N–H and O–H groups in total. The van der Waals surface area contributed by atoms with Gasteiger partial charge in [-0.2, -0.15) is 8.78 Å². The van der Waals surface area contributed by atoms with Gasteiger partial charge in [0.05, 0.1) is 11.1 Å². The molecule has 0 unspecified atom stereocenters. The molecule has 3 rings (SSSR count). The zero-order valence-electron chi connectivity index (χ0n) is 16.6. The van der Waals surface area contributed by atoms with Gasteiger partial charge in [0.2, 0.25) is 5.91 Å². The van der Waals surface area contributed by atoms with Crippen LogP contribution in [0, 0.1) is 0 Å². The van der Waals surface area contributed by atoms with Crippen LogP contribution in [0.25, 0.3) is 0 Å². The zero-order valence-corrected chi connectivity index (χ0v) is 17.4. The summed E-state index contributed by atoms with van der Waals surface area (Å²) in [6.07, 6.45) is 0.217. The lowest BCUT2D eigenvalue weighted by Gasteiger charge is -2.34. The van der Waals surface area contributed by atoms with Gasteiger partial charge in [0, 0.05) is 39.1 Å². The summed E-state index contributed by atoms with van der Waals surface area (Å²) in [4.78, 5) is 39.8. The average Bonchev–Trinajstić information content (AvgIpc) is 3.20. The Balaban J connectivity index is 1.48. The minimum absolute atomic E-state index is 0.0943. The fraction of sp³-hybridized carbons (Fsp3) is 0.350. The highest BCUT2D eigenvalue weighted by Crippen LogP contribution is 2.24. The predicted molar refractivity (Wildman–Crippen MR) is 112 cm³/mol. The minimum atomic E-state index is -3.01. The average molecular weight is 452 g/mol. The molecule has 8 nitrogen and oxygen atoms in total. The number of nitrogens with two attached hydrogens (primary N) is 1. The van der Waals surface area contributed by atoms with Crippen LogP contribution in [0.3, 0.4) is 0 Å². The standard InChI is InChI=1S/C20H22F2N4O4S/c21-20(22)30-15-4-2-1-3-13(15)19(29)26-10-8-25(9-11-26)7-5-16(27)24-18-14(17(23)28)6-12-31-18/h1-4,6,12,20H,5,7-11H2,(H2,23,28)(H,24,27). The van der Waals surface area contributed by atoms with Crippen molar-refractivity contribution >= 4 is 34.1 Å². The number of thiophene rings is 1. The summed E-state index contributed by atoms with van der Waals surface area (Å²) in [7, 11) is 0. The second kappa shape index (κ2) is 10.3. The number of hydrogen-bond acceptors (Lipinski definition) is 6. The Morgan fingerprint density at radius 3 is 2.48 bits per heavy atom. The van der Waals surface area contributed by atoms with Crippen LogP contribution in [0.5, 0.6) is 5.75 Å². The van der Waals surface area contributed by atoms with E-state index in [9.17, 15) is 23.2 Å². The summed E-state index contributed by atoms with van der Waals surface area (Å²) in [6, 6.07) is 7.48. The summed E-state index contributed by atoms with van der Waals surface area (Å²) in [6.45, 7) is -0.633. The highest BCUT2D eigenvalue weighted by atomic mass is 32.1. The summed E-state index contributed by atoms with van der Waals surface area (Å²) in [5.41, 5.74) is 5.64. The van der Waals surface area contributed by atoms with Gasteiger partial charge < -0.3 is 20.7 Å². The number of benzene rings is 1. The van der Waals surface area contributed by atoms with E-state index in [0.717, 1.165) is 0 Å². The zero-order chi connectivity index (χ0) is 22.4. The molecule has 31 heavy (non-hydrogen) atoms. The van der Waals surface area contributed by atoms with Gasteiger partial charge in [-0.3, -0.25) is 19.3 Å². The first-order valence-corrected chi connectivity index (χ1v) is 10.5. The smallest absolute Gasteiger partial charge is 0.387 e. The molecule has 1 aromatic carbocycles. The van der Waals surface area contributed by atoms with Crippen LogP contribution in [0.15, 0.2) is 35.7 Å². The van der Waals surface area contributed by atoms with Crippen LogP contribution in [0.2, 0.25) is 0 Å². The Morgan fingerprint density at radius 1 is 1.10 bits per heavy atom. The number of anilines is 1. The van der Waals surface area contributed by atoms with Gasteiger partial charge in [0.25, 0.3) is 11.8 Å². The number of alkyl halides is 2. The predicted octanol–water partition coefficient (Wildman–Crippen LogP) is 2.24. The van der Waals surface area contributed by atoms with E-state index < -0.39 is 12.5 Å². The molecule has 2 aromatic rings. The molecule has 1 fully saturated rings. The van der Waals surface area contributed by atoms with Crippen LogP contribution < -0.4 is 15.8 Å². The number of nitrogens with zero attached hydrogens (tertiary/aromatic N) is 2. The third-order valence-electron chi connectivity index (χ3n) is 4.83. The molecule has 0 saturated carbocycles. The summed E-state index contributed by atoms with van der Waals surface area (Å²) in [5.74, 6) is -1.35. The second-order valence-corrected chi connectivity index (χ2v) is 7.75. The molecule has 11 heteroatoms. The minimum Gasteiger partial charge on any atom is -0.434 e. The number of ether oxygens (including phenoxy) is 1. The lowest BCUT2D eigenvalue weighted by molar-refractivity contribution is -0.116. The van der Waals surface area contributed by atoms with Gasteiger partial charge in [-0.05, 0) is 23.6 Å². The monoisotopic (exact) mass is 452 g/mol. The highest BCUT2D eigenvalue weighted by molar-refractivity contribution is 7.14. The van der Waals surface area contributed by atoms with Crippen molar-refractivity contribution in [2.75, 3.05) is 38.0 Å². The number of amides is 3. The van der Waals surface area contributed by atoms with Crippen molar-refractivity contribution in [2.24, 2.45) is 5.73 Å². The Morgan fingerprint density at radius 2 is 1.81 bits per heavy atom. The first kappa shape index (κ1) is 22.6. The molecule has 0 aliphatic carbocycles. The van der Waals surface area contributed by atoms with E-state index in [1.54, 1.807) is 22.4 Å². The van der Waals surface area contributed by atoms with Crippen LogP contribution in [-0.2, 0) is 4.79 Å². The molecular weight excluding hydrogens is 430 g/mol. The Hall–Kier alpha value is -3.05. The molecule has 0 spiro atoms. The topological polar surface area (TPSA) is 105 Å². The number of carbonyl (C=O) groups is 3. The molecule has 0 radical (unpaired) electrons. The van der Waals surface area contributed by atoms with Crippen molar-refractivity contribution in [1.29, 1.82) is 0 Å². The molecule has 0 atom stereocenters. The van der Waals surface area contributed by atoms with E-state index in [1.165, 1.54) is 29.5 Å². The van der Waals surface area contributed by atoms with E-state index in [4.69, 9.17) is 5.73 Å². The fourth-order valence-electron chi connectivity index (χ4n) is 3.24. The normalized spacial score (nSPS) is 14.5. The van der Waals surface area contributed by atoms with Crippen LogP contribution in [-0.4, -0.2) is 66.9 Å². The highest BCUT2D eigenvalue weighted by Gasteiger charge is 2.25. The summed E-state index contributed by atoms with van der Waals surface area (Å²) in [5, 5.41) is 4.80. The molecule has 0 bridgehead atoms. The maximum absolute atomic E-state index is 12.7. The van der Waals surface area contributed by atoms with Crippen LogP contribution in [0.4, 0.5) is 13.8 Å². The van der Waals surface area contributed by atoms with Crippen molar-refractivity contribution < 1.29 is 27.9 Å². The molecular formula is C20H22F2N4O4S. The van der Waals surface area contributed by atoms with Crippen molar-refractivity contribution in [2.45, 2.75) is 13.0 Å². The van der Waals surface area contributed by atoms with Crippen LogP contribution >= 0.6 is 11.3 Å². The Bertz CT molecular complexity index is 945. The molecule has 166 valence electrons. The lowest BCUT2D eigenvalue weighted by Crippen LogP contribution is -2.49. The quantitative estimate of drug-likeness (QED) is 0.639. The number of nitrogens with one attached hydrogen (secondary N) is 1.